The number of nitrogens with one attached hydrogen (secondary N) is 1. The Morgan fingerprint density at radius 3 is 1.74 bits per heavy atom. The molecule has 2 aliphatic carbocycles. The van der Waals surface area contributed by atoms with Gasteiger partial charge in [0, 0.05) is 34.9 Å². The number of carbonyl (C=O) groups excluding carboxylic acids is 2. The molecule has 3 nitrogen and oxygen atoms in total. The molecule has 174 valence electrons. The second kappa shape index (κ2) is 9.97. The molecule has 0 spiro atoms. The fourth-order valence-corrected chi connectivity index (χ4v) is 5.84. The Morgan fingerprint density at radius 2 is 1.21 bits per heavy atom. The topological polar surface area (TPSA) is 46.2 Å². The molecule has 0 saturated heterocycles. The van der Waals surface area contributed by atoms with E-state index in [1.165, 1.54) is 43.2 Å². The Balaban J connectivity index is 1.29. The van der Waals surface area contributed by atoms with Crippen LogP contribution in [0.15, 0.2) is 84.9 Å². The predicted molar refractivity (Wildman–Crippen MR) is 136 cm³/mol. The van der Waals surface area contributed by atoms with Crippen LogP contribution in [0.1, 0.15) is 82.7 Å². The van der Waals surface area contributed by atoms with Gasteiger partial charge in [-0.2, -0.15) is 0 Å². The molecule has 34 heavy (non-hydrogen) atoms. The quantitative estimate of drug-likeness (QED) is 0.403. The van der Waals surface area contributed by atoms with E-state index in [0.29, 0.717) is 17.0 Å². The summed E-state index contributed by atoms with van der Waals surface area (Å²) in [4.78, 5) is 26.3. The van der Waals surface area contributed by atoms with Gasteiger partial charge >= 0.3 is 0 Å². The SMILES string of the molecule is C[C@H](NC(=O)c1ccc(C(=O)C2[C@@H](c3ccccc3)[C@@H]2c2ccccc2)cc1)C1CCCCC1. The number of amides is 1. The average Bonchev–Trinajstić information content (AvgIpc) is 3.65. The molecule has 1 amide bonds. The van der Waals surface area contributed by atoms with E-state index in [9.17, 15) is 9.59 Å². The van der Waals surface area contributed by atoms with Crippen LogP contribution in [0.3, 0.4) is 0 Å². The van der Waals surface area contributed by atoms with Gasteiger partial charge in [-0.3, -0.25) is 9.59 Å². The van der Waals surface area contributed by atoms with Gasteiger partial charge in [0.25, 0.3) is 5.91 Å². The van der Waals surface area contributed by atoms with Crippen molar-refractivity contribution in [1.82, 2.24) is 5.32 Å². The summed E-state index contributed by atoms with van der Waals surface area (Å²) in [6.45, 7) is 2.12. The smallest absolute Gasteiger partial charge is 0.251 e. The first-order chi connectivity index (χ1) is 16.6. The summed E-state index contributed by atoms with van der Waals surface area (Å²) in [6.07, 6.45) is 6.22. The van der Waals surface area contributed by atoms with Gasteiger partial charge in [-0.05, 0) is 48.9 Å². The van der Waals surface area contributed by atoms with Crippen LogP contribution in [0.2, 0.25) is 0 Å². The zero-order valence-electron chi connectivity index (χ0n) is 19.8. The van der Waals surface area contributed by atoms with Crippen molar-refractivity contribution in [3.63, 3.8) is 0 Å². The molecule has 0 aromatic heterocycles. The summed E-state index contributed by atoms with van der Waals surface area (Å²) in [7, 11) is 0. The first-order valence-electron chi connectivity index (χ1n) is 12.7. The fourth-order valence-electron chi connectivity index (χ4n) is 5.84. The van der Waals surface area contributed by atoms with Crippen LogP contribution < -0.4 is 5.32 Å². The molecule has 0 radical (unpaired) electrons. The monoisotopic (exact) mass is 451 g/mol. The van der Waals surface area contributed by atoms with Gasteiger partial charge in [-0.15, -0.1) is 0 Å². The van der Waals surface area contributed by atoms with Crippen LogP contribution in [-0.2, 0) is 0 Å². The third-order valence-electron chi connectivity index (χ3n) is 7.84. The molecule has 3 atom stereocenters. The third kappa shape index (κ3) is 4.70. The zero-order chi connectivity index (χ0) is 23.5. The molecule has 2 saturated carbocycles. The molecule has 0 aliphatic heterocycles. The highest BCUT2D eigenvalue weighted by Crippen LogP contribution is 2.61. The number of ketones is 1. The van der Waals surface area contributed by atoms with Crippen LogP contribution in [-0.4, -0.2) is 17.7 Å². The highest BCUT2D eigenvalue weighted by molar-refractivity contribution is 6.03. The molecule has 0 bridgehead atoms. The molecule has 3 aromatic carbocycles. The Bertz CT molecular complexity index is 1070. The summed E-state index contributed by atoms with van der Waals surface area (Å²) in [5.74, 6) is 0.984. The number of rotatable bonds is 7. The Morgan fingerprint density at radius 1 is 0.706 bits per heavy atom. The first kappa shape index (κ1) is 22.6. The maximum absolute atomic E-state index is 13.5. The molecule has 2 fully saturated rings. The van der Waals surface area contributed by atoms with Gasteiger partial charge < -0.3 is 5.32 Å². The molecule has 3 aromatic rings. The van der Waals surface area contributed by atoms with E-state index in [1.54, 1.807) is 12.1 Å². The van der Waals surface area contributed by atoms with Crippen molar-refractivity contribution in [2.24, 2.45) is 11.8 Å². The molecule has 2 aliphatic rings. The second-order valence-electron chi connectivity index (χ2n) is 10.0. The number of carbonyl (C=O) groups is 2. The minimum Gasteiger partial charge on any atom is -0.349 e. The van der Waals surface area contributed by atoms with Crippen LogP contribution in [0, 0.1) is 11.8 Å². The summed E-state index contributed by atoms with van der Waals surface area (Å²) >= 11 is 0. The van der Waals surface area contributed by atoms with Crippen LogP contribution >= 0.6 is 0 Å². The van der Waals surface area contributed by atoms with Crippen molar-refractivity contribution in [3.05, 3.63) is 107 Å². The lowest BCUT2D eigenvalue weighted by Gasteiger charge is -2.28. The largest absolute Gasteiger partial charge is 0.349 e. The Hall–Kier alpha value is -3.20. The first-order valence-corrected chi connectivity index (χ1v) is 12.7. The van der Waals surface area contributed by atoms with Gasteiger partial charge in [-0.25, -0.2) is 0 Å². The normalized spacial score (nSPS) is 23.1. The molecule has 0 unspecified atom stereocenters. The van der Waals surface area contributed by atoms with Gasteiger partial charge in [-0.1, -0.05) is 92.1 Å². The summed E-state index contributed by atoms with van der Waals surface area (Å²) < 4.78 is 0. The lowest BCUT2D eigenvalue weighted by atomic mass is 9.84. The highest BCUT2D eigenvalue weighted by Gasteiger charge is 2.55. The predicted octanol–water partition coefficient (Wildman–Crippen LogP) is 6.77. The fraction of sp³-hybridized carbons (Fsp3) is 0.355. The minimum absolute atomic E-state index is 0.0483. The van der Waals surface area contributed by atoms with Crippen LogP contribution in [0.5, 0.6) is 0 Å². The van der Waals surface area contributed by atoms with E-state index in [1.807, 2.05) is 48.5 Å². The minimum atomic E-state index is -0.0733. The van der Waals surface area contributed by atoms with Gasteiger partial charge in [0.05, 0.1) is 0 Å². The van der Waals surface area contributed by atoms with Crippen molar-refractivity contribution in [2.45, 2.75) is 56.9 Å². The maximum atomic E-state index is 13.5. The van der Waals surface area contributed by atoms with Gasteiger partial charge in [0.2, 0.25) is 0 Å². The highest BCUT2D eigenvalue weighted by atomic mass is 16.1. The van der Waals surface area contributed by atoms with Gasteiger partial charge in [0.1, 0.15) is 0 Å². The number of benzene rings is 3. The third-order valence-corrected chi connectivity index (χ3v) is 7.84. The molecule has 1 N–H and O–H groups in total. The molecule has 5 rings (SSSR count). The number of Topliss-reactive ketones (excluding diaryl/α,β-unsaturated/α-hetero) is 1. The molecular formula is C31H33NO2. The van der Waals surface area contributed by atoms with Crippen molar-refractivity contribution >= 4 is 11.7 Å². The van der Waals surface area contributed by atoms with E-state index in [0.717, 1.165) is 0 Å². The van der Waals surface area contributed by atoms with Crippen molar-refractivity contribution in [2.75, 3.05) is 0 Å². The molecule has 0 heterocycles. The summed E-state index contributed by atoms with van der Waals surface area (Å²) in [6, 6.07) is 28.1. The Labute approximate surface area is 202 Å². The van der Waals surface area contributed by atoms with Crippen molar-refractivity contribution in [1.29, 1.82) is 0 Å². The Kier molecular flexibility index (Phi) is 6.62. The van der Waals surface area contributed by atoms with Crippen molar-refractivity contribution < 1.29 is 9.59 Å². The van der Waals surface area contributed by atoms with E-state index >= 15 is 0 Å². The molecular weight excluding hydrogens is 418 g/mol. The second-order valence-corrected chi connectivity index (χ2v) is 10.0. The van der Waals surface area contributed by atoms with E-state index in [2.05, 4.69) is 36.5 Å². The van der Waals surface area contributed by atoms with Crippen LogP contribution in [0.25, 0.3) is 0 Å². The van der Waals surface area contributed by atoms with E-state index in [-0.39, 0.29) is 35.5 Å². The standard InChI is InChI=1S/C31H33NO2/c1-21(22-11-5-2-6-12-22)32-31(34)26-19-17-25(18-20-26)30(33)29-27(23-13-7-3-8-14-23)28(29)24-15-9-4-10-16-24/h3-4,7-10,13-22,27-29H,2,5-6,11-12H2,1H3,(H,32,34)/t21-,27-,28-/m0/s1. The van der Waals surface area contributed by atoms with Crippen molar-refractivity contribution in [3.8, 4) is 0 Å². The van der Waals surface area contributed by atoms with E-state index in [4.69, 9.17) is 0 Å². The van der Waals surface area contributed by atoms with Gasteiger partial charge in [0.15, 0.2) is 5.78 Å². The average molecular weight is 452 g/mol. The lowest BCUT2D eigenvalue weighted by Crippen LogP contribution is -2.38. The zero-order valence-corrected chi connectivity index (χ0v) is 19.8. The summed E-state index contributed by atoms with van der Waals surface area (Å²) in [5.41, 5.74) is 3.72. The lowest BCUT2D eigenvalue weighted by molar-refractivity contribution is 0.0916. The maximum Gasteiger partial charge on any atom is 0.251 e. The number of hydrogen-bond donors (Lipinski definition) is 1. The van der Waals surface area contributed by atoms with Crippen LogP contribution in [0.4, 0.5) is 0 Å². The summed E-state index contributed by atoms with van der Waals surface area (Å²) in [5, 5.41) is 3.18. The molecule has 3 heteroatoms. The van der Waals surface area contributed by atoms with E-state index < -0.39 is 0 Å². The number of hydrogen-bond acceptors (Lipinski definition) is 2.